The van der Waals surface area contributed by atoms with Crippen molar-refractivity contribution in [2.45, 2.75) is 38.6 Å². The van der Waals surface area contributed by atoms with Gasteiger partial charge in [0, 0.05) is 29.2 Å². The average molecular weight is 355 g/mol. The van der Waals surface area contributed by atoms with Crippen molar-refractivity contribution >= 4 is 21.8 Å². The zero-order valence-corrected chi connectivity index (χ0v) is 14.1. The van der Waals surface area contributed by atoms with E-state index in [0.29, 0.717) is 5.75 Å². The second-order valence-corrected chi connectivity index (χ2v) is 6.47. The number of likely N-dealkylation sites (tertiary alicyclic amines) is 1. The van der Waals surface area contributed by atoms with Gasteiger partial charge in [-0.25, -0.2) is 0 Å². The summed E-state index contributed by atoms with van der Waals surface area (Å²) in [6.45, 7) is 3.69. The number of amides is 1. The molecule has 1 aliphatic rings. The van der Waals surface area contributed by atoms with Crippen LogP contribution in [-0.2, 0) is 4.79 Å². The van der Waals surface area contributed by atoms with Crippen LogP contribution >= 0.6 is 15.9 Å². The standard InChI is InChI=1S/C16H23BrN2O2/c1-12(18)14-10-13(17)6-7-15(14)21-11-16(20)19-8-4-2-3-5-9-19/h6-7,10,12H,2-5,8-9,11,18H2,1H3/t12-/m0/s1. The first-order valence-electron chi connectivity index (χ1n) is 7.53. The molecule has 1 fully saturated rings. The van der Waals surface area contributed by atoms with Crippen molar-refractivity contribution in [1.82, 2.24) is 4.90 Å². The molecule has 1 amide bonds. The minimum absolute atomic E-state index is 0.0652. The summed E-state index contributed by atoms with van der Waals surface area (Å²) < 4.78 is 6.68. The van der Waals surface area contributed by atoms with Gasteiger partial charge in [-0.1, -0.05) is 28.8 Å². The van der Waals surface area contributed by atoms with E-state index in [1.54, 1.807) is 0 Å². The number of benzene rings is 1. The molecule has 2 rings (SSSR count). The van der Waals surface area contributed by atoms with Crippen molar-refractivity contribution in [3.05, 3.63) is 28.2 Å². The first kappa shape index (κ1) is 16.3. The van der Waals surface area contributed by atoms with E-state index in [1.165, 1.54) is 12.8 Å². The predicted octanol–water partition coefficient (Wildman–Crippen LogP) is 3.25. The molecule has 4 nitrogen and oxygen atoms in total. The van der Waals surface area contributed by atoms with Gasteiger partial charge in [-0.15, -0.1) is 0 Å². The fourth-order valence-electron chi connectivity index (χ4n) is 2.56. The average Bonchev–Trinajstić information content (AvgIpc) is 2.74. The minimum Gasteiger partial charge on any atom is -0.483 e. The molecule has 1 heterocycles. The molecule has 0 radical (unpaired) electrons. The zero-order valence-electron chi connectivity index (χ0n) is 12.5. The molecular formula is C16H23BrN2O2. The SMILES string of the molecule is C[C@H](N)c1cc(Br)ccc1OCC(=O)N1CCCCCC1. The second kappa shape index (κ2) is 7.80. The molecule has 0 aromatic heterocycles. The van der Waals surface area contributed by atoms with E-state index in [4.69, 9.17) is 10.5 Å². The topological polar surface area (TPSA) is 55.6 Å². The number of hydrogen-bond acceptors (Lipinski definition) is 3. The van der Waals surface area contributed by atoms with Gasteiger partial charge in [0.25, 0.3) is 5.91 Å². The number of ether oxygens (including phenoxy) is 1. The van der Waals surface area contributed by atoms with Gasteiger partial charge < -0.3 is 15.4 Å². The van der Waals surface area contributed by atoms with E-state index in [0.717, 1.165) is 36.0 Å². The quantitative estimate of drug-likeness (QED) is 0.902. The second-order valence-electron chi connectivity index (χ2n) is 5.55. The Labute approximate surface area is 134 Å². The third kappa shape index (κ3) is 4.71. The Morgan fingerprint density at radius 1 is 1.33 bits per heavy atom. The Morgan fingerprint density at radius 2 is 2.00 bits per heavy atom. The lowest BCUT2D eigenvalue weighted by atomic mass is 10.1. The summed E-state index contributed by atoms with van der Waals surface area (Å²) in [5.74, 6) is 0.756. The van der Waals surface area contributed by atoms with Crippen molar-refractivity contribution in [3.8, 4) is 5.75 Å². The highest BCUT2D eigenvalue weighted by molar-refractivity contribution is 9.10. The summed E-state index contributed by atoms with van der Waals surface area (Å²) in [5.41, 5.74) is 6.87. The first-order valence-corrected chi connectivity index (χ1v) is 8.33. The highest BCUT2D eigenvalue weighted by Crippen LogP contribution is 2.27. The van der Waals surface area contributed by atoms with Crippen molar-refractivity contribution in [1.29, 1.82) is 0 Å². The zero-order chi connectivity index (χ0) is 15.2. The number of halogens is 1. The molecule has 0 unspecified atom stereocenters. The summed E-state index contributed by atoms with van der Waals surface area (Å²) >= 11 is 3.43. The van der Waals surface area contributed by atoms with Crippen LogP contribution in [0.25, 0.3) is 0 Å². The fourth-order valence-corrected chi connectivity index (χ4v) is 2.94. The van der Waals surface area contributed by atoms with E-state index >= 15 is 0 Å². The number of carbonyl (C=O) groups excluding carboxylic acids is 1. The summed E-state index contributed by atoms with van der Waals surface area (Å²) in [5, 5.41) is 0. The Balaban J connectivity index is 1.97. The van der Waals surface area contributed by atoms with E-state index in [1.807, 2.05) is 30.0 Å². The minimum atomic E-state index is -0.134. The van der Waals surface area contributed by atoms with E-state index < -0.39 is 0 Å². The van der Waals surface area contributed by atoms with Crippen LogP contribution in [0, 0.1) is 0 Å². The Kier molecular flexibility index (Phi) is 6.06. The van der Waals surface area contributed by atoms with Gasteiger partial charge in [0.1, 0.15) is 5.75 Å². The summed E-state index contributed by atoms with van der Waals surface area (Å²) in [4.78, 5) is 14.1. The van der Waals surface area contributed by atoms with Crippen molar-refractivity contribution in [2.75, 3.05) is 19.7 Å². The molecule has 1 atom stereocenters. The van der Waals surface area contributed by atoms with Gasteiger partial charge in [-0.2, -0.15) is 0 Å². The van der Waals surface area contributed by atoms with Gasteiger partial charge in [-0.05, 0) is 38.0 Å². The lowest BCUT2D eigenvalue weighted by Crippen LogP contribution is -2.35. The molecule has 2 N–H and O–H groups in total. The molecule has 21 heavy (non-hydrogen) atoms. The van der Waals surface area contributed by atoms with Gasteiger partial charge >= 0.3 is 0 Å². The van der Waals surface area contributed by atoms with Gasteiger partial charge in [0.2, 0.25) is 0 Å². The molecule has 0 aliphatic carbocycles. The maximum atomic E-state index is 12.2. The van der Waals surface area contributed by atoms with E-state index in [9.17, 15) is 4.79 Å². The van der Waals surface area contributed by atoms with Gasteiger partial charge in [0.05, 0.1) is 0 Å². The lowest BCUT2D eigenvalue weighted by Gasteiger charge is -2.21. The van der Waals surface area contributed by atoms with Crippen LogP contribution in [0.15, 0.2) is 22.7 Å². The summed E-state index contributed by atoms with van der Waals surface area (Å²) in [7, 11) is 0. The molecule has 1 aromatic rings. The molecule has 0 bridgehead atoms. The maximum absolute atomic E-state index is 12.2. The lowest BCUT2D eigenvalue weighted by molar-refractivity contribution is -0.133. The molecule has 1 saturated heterocycles. The van der Waals surface area contributed by atoms with E-state index in [2.05, 4.69) is 15.9 Å². The molecule has 0 spiro atoms. The van der Waals surface area contributed by atoms with Crippen LogP contribution in [0.5, 0.6) is 5.75 Å². The van der Waals surface area contributed by atoms with Crippen LogP contribution in [0.1, 0.15) is 44.2 Å². The normalized spacial score (nSPS) is 17.2. The van der Waals surface area contributed by atoms with Crippen LogP contribution in [0.2, 0.25) is 0 Å². The highest BCUT2D eigenvalue weighted by atomic mass is 79.9. The number of nitrogens with two attached hydrogens (primary N) is 1. The third-order valence-corrected chi connectivity index (χ3v) is 4.27. The maximum Gasteiger partial charge on any atom is 0.260 e. The molecule has 5 heteroatoms. The van der Waals surface area contributed by atoms with Crippen molar-refractivity contribution in [2.24, 2.45) is 5.73 Å². The van der Waals surface area contributed by atoms with Crippen LogP contribution < -0.4 is 10.5 Å². The summed E-state index contributed by atoms with van der Waals surface area (Å²) in [6, 6.07) is 5.57. The third-order valence-electron chi connectivity index (χ3n) is 3.77. The highest BCUT2D eigenvalue weighted by Gasteiger charge is 2.17. The Morgan fingerprint density at radius 3 is 2.62 bits per heavy atom. The largest absolute Gasteiger partial charge is 0.483 e. The number of carbonyl (C=O) groups is 1. The van der Waals surface area contributed by atoms with Crippen molar-refractivity contribution < 1.29 is 9.53 Å². The number of hydrogen-bond donors (Lipinski definition) is 1. The van der Waals surface area contributed by atoms with Crippen molar-refractivity contribution in [3.63, 3.8) is 0 Å². The molecular weight excluding hydrogens is 332 g/mol. The molecule has 116 valence electrons. The van der Waals surface area contributed by atoms with Crippen LogP contribution in [0.3, 0.4) is 0 Å². The number of rotatable bonds is 4. The first-order chi connectivity index (χ1) is 10.1. The monoisotopic (exact) mass is 354 g/mol. The van der Waals surface area contributed by atoms with Crippen LogP contribution in [0.4, 0.5) is 0 Å². The molecule has 1 aliphatic heterocycles. The van der Waals surface area contributed by atoms with Gasteiger partial charge in [-0.3, -0.25) is 4.79 Å². The Hall–Kier alpha value is -1.07. The molecule has 1 aromatic carbocycles. The van der Waals surface area contributed by atoms with Crippen LogP contribution in [-0.4, -0.2) is 30.5 Å². The smallest absolute Gasteiger partial charge is 0.260 e. The van der Waals surface area contributed by atoms with E-state index in [-0.39, 0.29) is 18.6 Å². The predicted molar refractivity (Wildman–Crippen MR) is 87.3 cm³/mol. The molecule has 0 saturated carbocycles. The number of nitrogens with zero attached hydrogens (tertiary/aromatic N) is 1. The fraction of sp³-hybridized carbons (Fsp3) is 0.562. The Bertz CT molecular complexity index is 483. The summed E-state index contributed by atoms with van der Waals surface area (Å²) in [6.07, 6.45) is 4.61. The van der Waals surface area contributed by atoms with Gasteiger partial charge in [0.15, 0.2) is 6.61 Å².